The molecule has 0 saturated heterocycles. The Morgan fingerprint density at radius 1 is 1.16 bits per heavy atom. The molecule has 1 aromatic carbocycles. The Balaban J connectivity index is 0.00000480. The maximum atomic E-state index is 11.7. The summed E-state index contributed by atoms with van der Waals surface area (Å²) in [6, 6.07) is 7.68. The Morgan fingerprint density at radius 2 is 1.94 bits per heavy atom. The molecular formula is C22H32IN3O5. The van der Waals surface area contributed by atoms with Crippen molar-refractivity contribution in [2.75, 3.05) is 34.4 Å². The van der Waals surface area contributed by atoms with Crippen molar-refractivity contribution in [3.8, 4) is 11.5 Å². The van der Waals surface area contributed by atoms with Crippen LogP contribution in [-0.2, 0) is 17.7 Å². The fourth-order valence-corrected chi connectivity index (χ4v) is 2.98. The van der Waals surface area contributed by atoms with E-state index in [0.717, 1.165) is 30.9 Å². The van der Waals surface area contributed by atoms with Crippen LogP contribution in [0.3, 0.4) is 0 Å². The molecular weight excluding hydrogens is 513 g/mol. The van der Waals surface area contributed by atoms with Crippen molar-refractivity contribution in [3.05, 3.63) is 46.9 Å². The average molecular weight is 545 g/mol. The number of hydrogen-bond donors (Lipinski definition) is 2. The van der Waals surface area contributed by atoms with Crippen molar-refractivity contribution < 1.29 is 23.4 Å². The van der Waals surface area contributed by atoms with Gasteiger partial charge in [-0.3, -0.25) is 4.99 Å². The van der Waals surface area contributed by atoms with Crippen LogP contribution in [0.2, 0.25) is 0 Å². The first-order valence-corrected chi connectivity index (χ1v) is 9.94. The smallest absolute Gasteiger partial charge is 0.341 e. The maximum absolute atomic E-state index is 11.7. The van der Waals surface area contributed by atoms with Crippen molar-refractivity contribution in [1.29, 1.82) is 0 Å². The van der Waals surface area contributed by atoms with E-state index < -0.39 is 5.97 Å². The van der Waals surface area contributed by atoms with Gasteiger partial charge in [-0.05, 0) is 50.5 Å². The van der Waals surface area contributed by atoms with E-state index >= 15 is 0 Å². The molecule has 0 aliphatic rings. The first-order chi connectivity index (χ1) is 14.5. The normalized spacial score (nSPS) is 10.8. The second kappa shape index (κ2) is 13.8. The van der Waals surface area contributed by atoms with Gasteiger partial charge in [-0.25, -0.2) is 4.79 Å². The molecule has 1 heterocycles. The van der Waals surface area contributed by atoms with E-state index in [0.29, 0.717) is 36.2 Å². The van der Waals surface area contributed by atoms with Crippen LogP contribution in [0.1, 0.15) is 40.8 Å². The molecule has 0 unspecified atom stereocenters. The van der Waals surface area contributed by atoms with Gasteiger partial charge < -0.3 is 29.3 Å². The van der Waals surface area contributed by atoms with Crippen molar-refractivity contribution in [2.45, 2.75) is 33.2 Å². The number of halogens is 1. The van der Waals surface area contributed by atoms with Crippen LogP contribution in [0, 0.1) is 6.92 Å². The van der Waals surface area contributed by atoms with Gasteiger partial charge >= 0.3 is 5.97 Å². The average Bonchev–Trinajstić information content (AvgIpc) is 3.13. The molecule has 8 nitrogen and oxygen atoms in total. The summed E-state index contributed by atoms with van der Waals surface area (Å²) in [5, 5.41) is 6.46. The fraction of sp³-hybridized carbons (Fsp3) is 0.455. The quantitative estimate of drug-likeness (QED) is 0.155. The van der Waals surface area contributed by atoms with Gasteiger partial charge in [-0.2, -0.15) is 0 Å². The number of ether oxygens (including phenoxy) is 3. The highest BCUT2D eigenvalue weighted by Gasteiger charge is 2.15. The van der Waals surface area contributed by atoms with Crippen molar-refractivity contribution >= 4 is 35.9 Å². The molecule has 0 saturated carbocycles. The molecule has 0 radical (unpaired) electrons. The van der Waals surface area contributed by atoms with Gasteiger partial charge in [0.05, 0.1) is 27.4 Å². The Morgan fingerprint density at radius 3 is 2.58 bits per heavy atom. The molecule has 2 rings (SSSR count). The van der Waals surface area contributed by atoms with Crippen molar-refractivity contribution in [3.63, 3.8) is 0 Å². The monoisotopic (exact) mass is 545 g/mol. The van der Waals surface area contributed by atoms with Crippen LogP contribution in [0.15, 0.2) is 33.7 Å². The molecule has 9 heteroatoms. The van der Waals surface area contributed by atoms with Gasteiger partial charge in [-0.15, -0.1) is 24.0 Å². The molecule has 0 amide bonds. The number of aryl methyl sites for hydroxylation is 2. The Labute approximate surface area is 200 Å². The number of carbonyl (C=O) groups is 1. The van der Waals surface area contributed by atoms with Crippen LogP contribution in [0.4, 0.5) is 0 Å². The van der Waals surface area contributed by atoms with Crippen molar-refractivity contribution in [2.24, 2.45) is 4.99 Å². The molecule has 1 aromatic heterocycles. The summed E-state index contributed by atoms with van der Waals surface area (Å²) in [4.78, 5) is 15.9. The van der Waals surface area contributed by atoms with E-state index in [9.17, 15) is 4.79 Å². The molecule has 0 spiro atoms. The number of hydrogen-bond acceptors (Lipinski definition) is 6. The van der Waals surface area contributed by atoms with Gasteiger partial charge in [0.2, 0.25) is 0 Å². The molecule has 0 fully saturated rings. The molecule has 31 heavy (non-hydrogen) atoms. The lowest BCUT2D eigenvalue weighted by Crippen LogP contribution is -2.37. The van der Waals surface area contributed by atoms with Gasteiger partial charge in [0, 0.05) is 13.6 Å². The molecule has 0 aliphatic carbocycles. The summed E-state index contributed by atoms with van der Waals surface area (Å²) < 4.78 is 21.3. The van der Waals surface area contributed by atoms with Crippen LogP contribution < -0.4 is 20.1 Å². The molecule has 0 bridgehead atoms. The standard InChI is InChI=1S/C22H31N3O5.HI/c1-6-29-20-12-16(9-10-19(20)27-4)8-7-11-24-22(23-3)25-14-17-13-18(15(2)30-17)21(26)28-5;/h9-10,12-13H,6-8,11,14H2,1-5H3,(H2,23,24,25);1H. The summed E-state index contributed by atoms with van der Waals surface area (Å²) in [7, 11) is 4.70. The van der Waals surface area contributed by atoms with Crippen LogP contribution in [0.5, 0.6) is 11.5 Å². The number of methoxy groups -OCH3 is 2. The number of nitrogens with zero attached hydrogens (tertiary/aromatic N) is 1. The number of carbonyl (C=O) groups excluding carboxylic acids is 1. The topological polar surface area (TPSA) is 94.3 Å². The molecule has 172 valence electrons. The van der Waals surface area contributed by atoms with E-state index in [1.165, 1.54) is 12.7 Å². The number of aliphatic imine (C=N–C) groups is 1. The summed E-state index contributed by atoms with van der Waals surface area (Å²) >= 11 is 0. The zero-order valence-corrected chi connectivity index (χ0v) is 21.1. The summed E-state index contributed by atoms with van der Waals surface area (Å²) in [5.74, 6) is 2.93. The number of rotatable bonds is 10. The van der Waals surface area contributed by atoms with Crippen LogP contribution >= 0.6 is 24.0 Å². The number of benzene rings is 1. The minimum absolute atomic E-state index is 0. The first kappa shape index (κ1) is 26.6. The molecule has 2 aromatic rings. The van der Waals surface area contributed by atoms with Gasteiger partial charge in [0.1, 0.15) is 17.1 Å². The summed E-state index contributed by atoms with van der Waals surface area (Å²) in [6.07, 6.45) is 1.82. The van der Waals surface area contributed by atoms with Crippen LogP contribution in [0.25, 0.3) is 0 Å². The van der Waals surface area contributed by atoms with E-state index in [1.807, 2.05) is 25.1 Å². The Bertz CT molecular complexity index is 867. The van der Waals surface area contributed by atoms with Crippen molar-refractivity contribution in [1.82, 2.24) is 10.6 Å². The predicted molar refractivity (Wildman–Crippen MR) is 131 cm³/mol. The largest absolute Gasteiger partial charge is 0.493 e. The fourth-order valence-electron chi connectivity index (χ4n) is 2.98. The van der Waals surface area contributed by atoms with E-state index in [4.69, 9.17) is 18.6 Å². The van der Waals surface area contributed by atoms with E-state index in [-0.39, 0.29) is 24.0 Å². The third kappa shape index (κ3) is 7.97. The second-order valence-electron chi connectivity index (χ2n) is 6.55. The maximum Gasteiger partial charge on any atom is 0.341 e. The number of nitrogens with one attached hydrogen (secondary N) is 2. The third-order valence-electron chi connectivity index (χ3n) is 4.49. The zero-order valence-electron chi connectivity index (χ0n) is 18.7. The summed E-state index contributed by atoms with van der Waals surface area (Å²) in [6.45, 7) is 5.45. The summed E-state index contributed by atoms with van der Waals surface area (Å²) in [5.41, 5.74) is 1.62. The van der Waals surface area contributed by atoms with Gasteiger partial charge in [-0.1, -0.05) is 6.07 Å². The number of furan rings is 1. The SMILES string of the molecule is CCOc1cc(CCCNC(=NC)NCc2cc(C(=O)OC)c(C)o2)ccc1OC.I. The lowest BCUT2D eigenvalue weighted by molar-refractivity contribution is 0.0599. The number of guanidine groups is 1. The minimum atomic E-state index is -0.406. The first-order valence-electron chi connectivity index (χ1n) is 9.94. The van der Waals surface area contributed by atoms with Gasteiger partial charge in [0.15, 0.2) is 17.5 Å². The molecule has 0 aliphatic heterocycles. The highest BCUT2D eigenvalue weighted by Crippen LogP contribution is 2.28. The molecule has 2 N–H and O–H groups in total. The van der Waals surface area contributed by atoms with Crippen LogP contribution in [-0.4, -0.2) is 46.3 Å². The third-order valence-corrected chi connectivity index (χ3v) is 4.49. The number of esters is 1. The lowest BCUT2D eigenvalue weighted by Gasteiger charge is -2.12. The lowest BCUT2D eigenvalue weighted by atomic mass is 10.1. The minimum Gasteiger partial charge on any atom is -0.493 e. The Hall–Kier alpha value is -2.43. The Kier molecular flexibility index (Phi) is 11.8. The van der Waals surface area contributed by atoms with E-state index in [1.54, 1.807) is 27.1 Å². The highest BCUT2D eigenvalue weighted by molar-refractivity contribution is 14.0. The zero-order chi connectivity index (χ0) is 21.9. The molecule has 0 atom stereocenters. The highest BCUT2D eigenvalue weighted by atomic mass is 127. The van der Waals surface area contributed by atoms with Gasteiger partial charge in [0.25, 0.3) is 0 Å². The van der Waals surface area contributed by atoms with E-state index in [2.05, 4.69) is 15.6 Å². The predicted octanol–water partition coefficient (Wildman–Crippen LogP) is 3.70. The second-order valence-corrected chi connectivity index (χ2v) is 6.55.